The molecule has 39 heavy (non-hydrogen) atoms. The maximum atomic E-state index is 12.9. The number of aliphatic hydroxyl groups excluding tert-OH is 1. The number of carbonyl (C=O) groups is 3. The van der Waals surface area contributed by atoms with Crippen molar-refractivity contribution < 1.29 is 43.5 Å². The van der Waals surface area contributed by atoms with Gasteiger partial charge in [-0.15, -0.1) is 0 Å². The Morgan fingerprint density at radius 1 is 1.03 bits per heavy atom. The molecule has 3 rings (SSSR count). The molecule has 1 saturated carbocycles. The highest BCUT2D eigenvalue weighted by atomic mass is 16.6. The van der Waals surface area contributed by atoms with Gasteiger partial charge in [-0.05, 0) is 64.7 Å². The lowest BCUT2D eigenvalue weighted by Gasteiger charge is -2.54. The molecule has 0 amide bonds. The number of aliphatic hydroxyl groups is 2. The lowest BCUT2D eigenvalue weighted by Crippen LogP contribution is -2.63. The van der Waals surface area contributed by atoms with E-state index in [1.54, 1.807) is 13.8 Å². The van der Waals surface area contributed by atoms with E-state index in [1.165, 1.54) is 6.92 Å². The van der Waals surface area contributed by atoms with Crippen LogP contribution >= 0.6 is 0 Å². The zero-order chi connectivity index (χ0) is 29.3. The van der Waals surface area contributed by atoms with Crippen LogP contribution in [0.5, 0.6) is 0 Å². The average molecular weight is 555 g/mol. The van der Waals surface area contributed by atoms with Gasteiger partial charge in [-0.2, -0.15) is 0 Å². The van der Waals surface area contributed by atoms with Crippen LogP contribution in [0.3, 0.4) is 0 Å². The van der Waals surface area contributed by atoms with Gasteiger partial charge in [0.05, 0.1) is 17.8 Å². The summed E-state index contributed by atoms with van der Waals surface area (Å²) in [4.78, 5) is 38.1. The topological polar surface area (TPSA) is 129 Å². The summed E-state index contributed by atoms with van der Waals surface area (Å²) in [5.41, 5.74) is -3.83. The first-order valence-electron chi connectivity index (χ1n) is 14.8. The quantitative estimate of drug-likeness (QED) is 0.337. The summed E-state index contributed by atoms with van der Waals surface area (Å²) in [7, 11) is 0. The van der Waals surface area contributed by atoms with E-state index in [1.807, 2.05) is 20.8 Å². The smallest absolute Gasteiger partial charge is 0.306 e. The largest absolute Gasteiger partial charge is 0.458 e. The first-order valence-corrected chi connectivity index (χ1v) is 14.8. The number of esters is 3. The molecule has 10 atom stereocenters. The van der Waals surface area contributed by atoms with E-state index >= 15 is 0 Å². The standard InChI is InChI=1S/C30H50O9/c1-9-11-23(33)37-22-15-19(17(3)4)25-26(30(22,8)38-18(5)31)20-16-28(6,35)21(32)13-14-29(7,27(25)36-20)39-24(34)12-10-2/h17,19-22,25-27,32,35H,9-16H2,1-8H3/t19-,20-,21+,22-,25-,26-,27-,28+,29-,30-/m1/s1. The molecule has 2 aliphatic heterocycles. The predicted molar refractivity (Wildman–Crippen MR) is 143 cm³/mol. The van der Waals surface area contributed by atoms with Gasteiger partial charge in [-0.25, -0.2) is 0 Å². The summed E-state index contributed by atoms with van der Waals surface area (Å²) in [6.45, 7) is 14.6. The van der Waals surface area contributed by atoms with Crippen LogP contribution in [0.4, 0.5) is 0 Å². The minimum atomic E-state index is -1.50. The van der Waals surface area contributed by atoms with Crippen LogP contribution in [0, 0.1) is 23.7 Å². The van der Waals surface area contributed by atoms with Crippen molar-refractivity contribution >= 4 is 17.9 Å². The summed E-state index contributed by atoms with van der Waals surface area (Å²) in [6, 6.07) is 0. The second-order valence-electron chi connectivity index (χ2n) is 13.0. The lowest BCUT2D eigenvalue weighted by molar-refractivity contribution is -0.219. The molecule has 0 unspecified atom stereocenters. The Bertz CT molecular complexity index is 901. The predicted octanol–water partition coefficient (Wildman–Crippen LogP) is 4.09. The van der Waals surface area contributed by atoms with E-state index in [9.17, 15) is 24.6 Å². The first kappa shape index (κ1) is 31.8. The molecule has 0 aromatic rings. The SMILES string of the molecule is CCCC(=O)O[C@@H]1C[C@H](C(C)C)[C@@H]2[C@@H]([C@H]3C[C@](C)(O)[C@@H](O)CC[C@@](C)(OC(=O)CCC)[C@@H]2O3)[C@]1(C)OC(C)=O. The van der Waals surface area contributed by atoms with Crippen molar-refractivity contribution in [2.45, 2.75) is 148 Å². The molecule has 3 fully saturated rings. The number of hydrogen-bond donors (Lipinski definition) is 2. The summed E-state index contributed by atoms with van der Waals surface area (Å²) >= 11 is 0. The third kappa shape index (κ3) is 6.46. The molecule has 2 N–H and O–H groups in total. The highest BCUT2D eigenvalue weighted by Crippen LogP contribution is 2.59. The Morgan fingerprint density at radius 3 is 2.21 bits per heavy atom. The van der Waals surface area contributed by atoms with Crippen molar-refractivity contribution in [2.24, 2.45) is 23.7 Å². The van der Waals surface area contributed by atoms with Crippen LogP contribution in [0.15, 0.2) is 0 Å². The Balaban J connectivity index is 2.19. The Hall–Kier alpha value is -1.71. The second-order valence-corrected chi connectivity index (χ2v) is 13.0. The molecule has 224 valence electrons. The summed E-state index contributed by atoms with van der Waals surface area (Å²) in [6.07, 6.45) is -0.156. The minimum absolute atomic E-state index is 0.00781. The van der Waals surface area contributed by atoms with Gasteiger partial charge in [0.15, 0.2) is 5.60 Å². The average Bonchev–Trinajstić information content (AvgIpc) is 3.19. The maximum absolute atomic E-state index is 12.9. The molecule has 0 aromatic heterocycles. The number of hydrogen-bond acceptors (Lipinski definition) is 9. The normalized spacial score (nSPS) is 42.1. The van der Waals surface area contributed by atoms with Gasteiger partial charge in [-0.3, -0.25) is 14.4 Å². The van der Waals surface area contributed by atoms with Crippen molar-refractivity contribution in [3.05, 3.63) is 0 Å². The van der Waals surface area contributed by atoms with Crippen molar-refractivity contribution in [2.75, 3.05) is 0 Å². The molecular formula is C30H50O9. The summed E-state index contributed by atoms with van der Waals surface area (Å²) in [5, 5.41) is 22.4. The molecule has 9 heteroatoms. The Kier molecular flexibility index (Phi) is 9.81. The molecular weight excluding hydrogens is 504 g/mol. The Labute approximate surface area is 233 Å². The maximum Gasteiger partial charge on any atom is 0.306 e. The molecule has 0 aromatic carbocycles. The van der Waals surface area contributed by atoms with Crippen molar-refractivity contribution in [1.82, 2.24) is 0 Å². The van der Waals surface area contributed by atoms with Gasteiger partial charge >= 0.3 is 17.9 Å². The molecule has 2 bridgehead atoms. The first-order chi connectivity index (χ1) is 18.1. The van der Waals surface area contributed by atoms with E-state index in [0.29, 0.717) is 25.7 Å². The highest BCUT2D eigenvalue weighted by Gasteiger charge is 2.68. The van der Waals surface area contributed by atoms with Crippen LogP contribution in [-0.2, 0) is 33.3 Å². The monoisotopic (exact) mass is 554 g/mol. The van der Waals surface area contributed by atoms with Gasteiger partial charge in [-0.1, -0.05) is 27.7 Å². The van der Waals surface area contributed by atoms with Crippen LogP contribution in [0.1, 0.15) is 107 Å². The minimum Gasteiger partial charge on any atom is -0.458 e. The molecule has 0 spiro atoms. The fourth-order valence-electron chi connectivity index (χ4n) is 7.41. The Morgan fingerprint density at radius 2 is 1.64 bits per heavy atom. The fourth-order valence-corrected chi connectivity index (χ4v) is 7.41. The van der Waals surface area contributed by atoms with Crippen LogP contribution in [-0.4, -0.2) is 69.3 Å². The van der Waals surface area contributed by atoms with Crippen LogP contribution < -0.4 is 0 Å². The second kappa shape index (κ2) is 12.0. The van der Waals surface area contributed by atoms with E-state index in [2.05, 4.69) is 13.8 Å². The zero-order valence-electron chi connectivity index (χ0n) is 25.0. The van der Waals surface area contributed by atoms with E-state index in [-0.39, 0.29) is 55.4 Å². The lowest BCUT2D eigenvalue weighted by atomic mass is 9.56. The van der Waals surface area contributed by atoms with E-state index in [4.69, 9.17) is 18.9 Å². The van der Waals surface area contributed by atoms with Crippen molar-refractivity contribution in [1.29, 1.82) is 0 Å². The molecule has 0 radical (unpaired) electrons. The number of ether oxygens (including phenoxy) is 4. The number of rotatable bonds is 8. The van der Waals surface area contributed by atoms with Gasteiger partial charge in [0.1, 0.15) is 17.8 Å². The number of carbonyl (C=O) groups excluding carboxylic acids is 3. The highest BCUT2D eigenvalue weighted by molar-refractivity contribution is 5.70. The molecule has 9 nitrogen and oxygen atoms in total. The van der Waals surface area contributed by atoms with Crippen molar-refractivity contribution in [3.63, 3.8) is 0 Å². The third-order valence-corrected chi connectivity index (χ3v) is 9.37. The van der Waals surface area contributed by atoms with Gasteiger partial charge in [0, 0.05) is 38.0 Å². The molecule has 2 heterocycles. The molecule has 3 aliphatic rings. The van der Waals surface area contributed by atoms with Gasteiger partial charge in [0.25, 0.3) is 0 Å². The summed E-state index contributed by atoms with van der Waals surface area (Å²) in [5.74, 6) is -1.74. The molecule has 1 aliphatic carbocycles. The van der Waals surface area contributed by atoms with E-state index in [0.717, 1.165) is 0 Å². The van der Waals surface area contributed by atoms with Crippen LogP contribution in [0.25, 0.3) is 0 Å². The van der Waals surface area contributed by atoms with Crippen LogP contribution in [0.2, 0.25) is 0 Å². The fraction of sp³-hybridized carbons (Fsp3) is 0.900. The summed E-state index contributed by atoms with van der Waals surface area (Å²) < 4.78 is 25.0. The van der Waals surface area contributed by atoms with Gasteiger partial charge < -0.3 is 29.2 Å². The third-order valence-electron chi connectivity index (χ3n) is 9.37. The van der Waals surface area contributed by atoms with E-state index < -0.39 is 53.1 Å². The van der Waals surface area contributed by atoms with Gasteiger partial charge in [0.2, 0.25) is 0 Å². The van der Waals surface area contributed by atoms with Crippen molar-refractivity contribution in [3.8, 4) is 0 Å². The number of fused-ring (bicyclic) bond motifs is 5. The zero-order valence-corrected chi connectivity index (χ0v) is 25.0. The molecule has 2 saturated heterocycles.